The summed E-state index contributed by atoms with van der Waals surface area (Å²) < 4.78 is 23.7. The molecule has 0 unspecified atom stereocenters. The van der Waals surface area contributed by atoms with Gasteiger partial charge in [-0.3, -0.25) is 0 Å². The molecule has 0 radical (unpaired) electrons. The maximum Gasteiger partial charge on any atom is 0.274 e. The van der Waals surface area contributed by atoms with Gasteiger partial charge in [0.25, 0.3) is 10.2 Å². The molecule has 0 saturated carbocycles. The van der Waals surface area contributed by atoms with Crippen molar-refractivity contribution in [3.8, 4) is 0 Å². The molecule has 0 atom stereocenters. The quantitative estimate of drug-likeness (QED) is 0.838. The third-order valence-electron chi connectivity index (χ3n) is 2.29. The molecule has 0 aliphatic carbocycles. The van der Waals surface area contributed by atoms with Crippen molar-refractivity contribution in [2.75, 3.05) is 0 Å². The van der Waals surface area contributed by atoms with Gasteiger partial charge in [0.2, 0.25) is 0 Å². The van der Waals surface area contributed by atoms with Crippen molar-refractivity contribution in [1.29, 1.82) is 0 Å². The van der Waals surface area contributed by atoms with E-state index in [2.05, 4.69) is 4.72 Å². The van der Waals surface area contributed by atoms with Crippen LogP contribution in [0.5, 0.6) is 0 Å². The third-order valence-corrected chi connectivity index (χ3v) is 2.84. The Labute approximate surface area is 94.3 Å². The van der Waals surface area contributed by atoms with Gasteiger partial charge in [0.15, 0.2) is 0 Å². The van der Waals surface area contributed by atoms with Gasteiger partial charge in [0, 0.05) is 6.54 Å². The van der Waals surface area contributed by atoms with Gasteiger partial charge in [-0.2, -0.15) is 13.1 Å². The number of fused-ring (bicyclic) bond motifs is 1. The Balaban J connectivity index is 2.26. The van der Waals surface area contributed by atoms with Crippen molar-refractivity contribution in [3.05, 3.63) is 48.0 Å². The molecule has 0 bridgehead atoms. The lowest BCUT2D eigenvalue weighted by molar-refractivity contribution is 0.583. The van der Waals surface area contributed by atoms with Crippen LogP contribution in [0.4, 0.5) is 0 Å². The second-order valence-corrected chi connectivity index (χ2v) is 4.93. The number of benzene rings is 2. The molecule has 0 spiro atoms. The fourth-order valence-corrected chi connectivity index (χ4v) is 1.90. The molecule has 5 heteroatoms. The summed E-state index contributed by atoms with van der Waals surface area (Å²) in [4.78, 5) is 0. The highest BCUT2D eigenvalue weighted by molar-refractivity contribution is 7.87. The number of rotatable bonds is 3. The molecule has 0 aromatic heterocycles. The maximum atomic E-state index is 10.7. The molecule has 2 rings (SSSR count). The summed E-state index contributed by atoms with van der Waals surface area (Å²) in [5.74, 6) is 0. The van der Waals surface area contributed by atoms with E-state index in [-0.39, 0.29) is 6.54 Å². The van der Waals surface area contributed by atoms with Gasteiger partial charge in [-0.25, -0.2) is 5.14 Å². The summed E-state index contributed by atoms with van der Waals surface area (Å²) in [6.45, 7) is 0.212. The molecule has 2 aromatic carbocycles. The highest BCUT2D eigenvalue weighted by atomic mass is 32.2. The summed E-state index contributed by atoms with van der Waals surface area (Å²) in [7, 11) is -3.63. The van der Waals surface area contributed by atoms with Crippen LogP contribution in [0.25, 0.3) is 10.8 Å². The van der Waals surface area contributed by atoms with E-state index in [1.165, 1.54) is 0 Å². The highest BCUT2D eigenvalue weighted by Crippen LogP contribution is 2.15. The molecule has 84 valence electrons. The second kappa shape index (κ2) is 4.21. The summed E-state index contributed by atoms with van der Waals surface area (Å²) in [5, 5.41) is 7.06. The van der Waals surface area contributed by atoms with E-state index >= 15 is 0 Å². The molecule has 0 saturated heterocycles. The van der Waals surface area contributed by atoms with Gasteiger partial charge in [0.1, 0.15) is 0 Å². The highest BCUT2D eigenvalue weighted by Gasteiger charge is 2.01. The largest absolute Gasteiger partial charge is 0.274 e. The predicted octanol–water partition coefficient (Wildman–Crippen LogP) is 1.13. The number of nitrogens with one attached hydrogen (secondary N) is 1. The Hall–Kier alpha value is -1.43. The van der Waals surface area contributed by atoms with Crippen LogP contribution in [0.15, 0.2) is 42.5 Å². The first-order valence-electron chi connectivity index (χ1n) is 4.80. The summed E-state index contributed by atoms with van der Waals surface area (Å²) >= 11 is 0. The van der Waals surface area contributed by atoms with Crippen LogP contribution in [-0.4, -0.2) is 8.42 Å². The normalized spacial score (nSPS) is 11.8. The van der Waals surface area contributed by atoms with Crippen molar-refractivity contribution in [2.45, 2.75) is 6.54 Å². The lowest BCUT2D eigenvalue weighted by Gasteiger charge is -2.04. The lowest BCUT2D eigenvalue weighted by atomic mass is 10.1. The van der Waals surface area contributed by atoms with E-state index in [0.29, 0.717) is 0 Å². The summed E-state index contributed by atoms with van der Waals surface area (Å²) in [6.07, 6.45) is 0. The van der Waals surface area contributed by atoms with Crippen molar-refractivity contribution in [1.82, 2.24) is 4.72 Å². The number of nitrogens with two attached hydrogens (primary N) is 1. The molecule has 0 amide bonds. The Morgan fingerprint density at radius 1 is 1.06 bits per heavy atom. The Morgan fingerprint density at radius 3 is 2.44 bits per heavy atom. The van der Waals surface area contributed by atoms with Crippen LogP contribution in [0.1, 0.15) is 5.56 Å². The fourth-order valence-electron chi connectivity index (χ4n) is 1.53. The van der Waals surface area contributed by atoms with Gasteiger partial charge in [-0.1, -0.05) is 36.4 Å². The van der Waals surface area contributed by atoms with E-state index in [9.17, 15) is 8.42 Å². The molecule has 0 aliphatic rings. The molecule has 2 aromatic rings. The molecule has 0 aliphatic heterocycles. The van der Waals surface area contributed by atoms with Crippen LogP contribution in [0.2, 0.25) is 0 Å². The van der Waals surface area contributed by atoms with Crippen molar-refractivity contribution in [3.63, 3.8) is 0 Å². The summed E-state index contributed by atoms with van der Waals surface area (Å²) in [6, 6.07) is 13.7. The zero-order valence-corrected chi connectivity index (χ0v) is 9.37. The van der Waals surface area contributed by atoms with Gasteiger partial charge in [-0.15, -0.1) is 0 Å². The van der Waals surface area contributed by atoms with Crippen molar-refractivity contribution in [2.24, 2.45) is 5.14 Å². The molecule has 16 heavy (non-hydrogen) atoms. The first kappa shape index (κ1) is 11.1. The van der Waals surface area contributed by atoms with E-state index in [4.69, 9.17) is 5.14 Å². The first-order chi connectivity index (χ1) is 7.54. The summed E-state index contributed by atoms with van der Waals surface area (Å²) in [5.41, 5.74) is 0.882. The van der Waals surface area contributed by atoms with Gasteiger partial charge < -0.3 is 0 Å². The molecular weight excluding hydrogens is 224 g/mol. The first-order valence-corrected chi connectivity index (χ1v) is 6.34. The minimum atomic E-state index is -3.63. The van der Waals surface area contributed by atoms with E-state index in [1.54, 1.807) is 0 Å². The number of hydrogen-bond donors (Lipinski definition) is 2. The SMILES string of the molecule is NS(=O)(=O)NCc1ccc2ccccc2c1. The molecular formula is C11H12N2O2S. The van der Waals surface area contributed by atoms with E-state index < -0.39 is 10.2 Å². The Bertz CT molecular complexity index is 608. The monoisotopic (exact) mass is 236 g/mol. The smallest absolute Gasteiger partial charge is 0.216 e. The fraction of sp³-hybridized carbons (Fsp3) is 0.0909. The van der Waals surface area contributed by atoms with E-state index in [0.717, 1.165) is 16.3 Å². The maximum absolute atomic E-state index is 10.7. The average molecular weight is 236 g/mol. The van der Waals surface area contributed by atoms with Gasteiger partial charge >= 0.3 is 0 Å². The minimum absolute atomic E-state index is 0.212. The van der Waals surface area contributed by atoms with Crippen molar-refractivity contribution >= 4 is 21.0 Å². The van der Waals surface area contributed by atoms with Crippen LogP contribution in [-0.2, 0) is 16.8 Å². The topological polar surface area (TPSA) is 72.2 Å². The van der Waals surface area contributed by atoms with Gasteiger partial charge in [-0.05, 0) is 22.4 Å². The standard InChI is InChI=1S/C11H12N2O2S/c12-16(14,15)13-8-9-5-6-10-3-1-2-4-11(10)7-9/h1-7,13H,8H2,(H2,12,14,15). The lowest BCUT2D eigenvalue weighted by Crippen LogP contribution is -2.30. The number of hydrogen-bond acceptors (Lipinski definition) is 2. The predicted molar refractivity (Wildman–Crippen MR) is 63.9 cm³/mol. The van der Waals surface area contributed by atoms with Crippen LogP contribution in [0, 0.1) is 0 Å². The molecule has 0 fully saturated rings. The Morgan fingerprint density at radius 2 is 1.75 bits per heavy atom. The minimum Gasteiger partial charge on any atom is -0.216 e. The zero-order chi connectivity index (χ0) is 11.6. The van der Waals surface area contributed by atoms with Crippen LogP contribution in [0.3, 0.4) is 0 Å². The van der Waals surface area contributed by atoms with Crippen LogP contribution >= 0.6 is 0 Å². The second-order valence-electron chi connectivity index (χ2n) is 3.55. The average Bonchev–Trinajstić information content (AvgIpc) is 2.25. The van der Waals surface area contributed by atoms with Crippen LogP contribution < -0.4 is 9.86 Å². The molecule has 0 heterocycles. The van der Waals surface area contributed by atoms with Gasteiger partial charge in [0.05, 0.1) is 0 Å². The van der Waals surface area contributed by atoms with Crippen molar-refractivity contribution < 1.29 is 8.42 Å². The third kappa shape index (κ3) is 2.79. The zero-order valence-electron chi connectivity index (χ0n) is 8.55. The molecule has 4 nitrogen and oxygen atoms in total. The Kier molecular flexibility index (Phi) is 2.91. The molecule has 3 N–H and O–H groups in total. The van der Waals surface area contributed by atoms with E-state index in [1.807, 2.05) is 42.5 Å².